The van der Waals surface area contributed by atoms with Crippen LogP contribution in [0.15, 0.2) is 24.3 Å². The Kier molecular flexibility index (Phi) is 7.37. The van der Waals surface area contributed by atoms with E-state index in [9.17, 15) is 14.0 Å². The van der Waals surface area contributed by atoms with Gasteiger partial charge in [-0.25, -0.2) is 4.39 Å². The van der Waals surface area contributed by atoms with E-state index in [4.69, 9.17) is 4.74 Å². The van der Waals surface area contributed by atoms with Crippen molar-refractivity contribution < 1.29 is 18.7 Å². The van der Waals surface area contributed by atoms with Gasteiger partial charge in [0, 0.05) is 32.2 Å². The van der Waals surface area contributed by atoms with Crippen molar-refractivity contribution in [3.8, 4) is 0 Å². The Morgan fingerprint density at radius 2 is 1.96 bits per heavy atom. The van der Waals surface area contributed by atoms with Crippen molar-refractivity contribution in [1.82, 2.24) is 10.2 Å². The van der Waals surface area contributed by atoms with Gasteiger partial charge in [-0.15, -0.1) is 0 Å². The quantitative estimate of drug-likeness (QED) is 0.769. The van der Waals surface area contributed by atoms with Crippen LogP contribution in [0, 0.1) is 11.7 Å². The minimum absolute atomic E-state index is 0.0253. The van der Waals surface area contributed by atoms with Gasteiger partial charge in [0.15, 0.2) is 0 Å². The molecule has 6 heteroatoms. The molecule has 0 bridgehead atoms. The number of hydrogen-bond acceptors (Lipinski definition) is 3. The molecule has 2 rings (SSSR count). The molecule has 1 saturated heterocycles. The summed E-state index contributed by atoms with van der Waals surface area (Å²) in [6.45, 7) is 6.25. The molecule has 1 N–H and O–H groups in total. The number of carbonyl (C=O) groups is 2. The molecule has 5 nitrogen and oxygen atoms in total. The molecule has 138 valence electrons. The highest BCUT2D eigenvalue weighted by Crippen LogP contribution is 2.16. The summed E-state index contributed by atoms with van der Waals surface area (Å²) >= 11 is 0. The molecule has 25 heavy (non-hydrogen) atoms. The molecule has 0 aliphatic carbocycles. The summed E-state index contributed by atoms with van der Waals surface area (Å²) in [5.41, 5.74) is 0.104. The zero-order chi connectivity index (χ0) is 18.2. The Morgan fingerprint density at radius 1 is 1.28 bits per heavy atom. The molecular formula is C19H27FN2O3. The van der Waals surface area contributed by atoms with Crippen molar-refractivity contribution in [3.05, 3.63) is 35.6 Å². The minimum atomic E-state index is -0.496. The lowest BCUT2D eigenvalue weighted by molar-refractivity contribution is -0.123. The fourth-order valence-electron chi connectivity index (χ4n) is 2.82. The zero-order valence-corrected chi connectivity index (χ0v) is 15.0. The highest BCUT2D eigenvalue weighted by atomic mass is 19.1. The van der Waals surface area contributed by atoms with Crippen LogP contribution in [0.2, 0.25) is 0 Å². The van der Waals surface area contributed by atoms with E-state index >= 15 is 0 Å². The summed E-state index contributed by atoms with van der Waals surface area (Å²) in [6.07, 6.45) is 1.71. The average Bonchev–Trinajstić information content (AvgIpc) is 2.59. The van der Waals surface area contributed by atoms with Gasteiger partial charge in [-0.05, 0) is 30.9 Å². The van der Waals surface area contributed by atoms with Gasteiger partial charge in [0.1, 0.15) is 5.82 Å². The third-order valence-corrected chi connectivity index (χ3v) is 4.18. The van der Waals surface area contributed by atoms with Crippen LogP contribution < -0.4 is 5.32 Å². The normalized spacial score (nSPS) is 15.4. The second kappa shape index (κ2) is 9.51. The molecule has 0 atom stereocenters. The Labute approximate surface area is 148 Å². The Morgan fingerprint density at radius 3 is 2.60 bits per heavy atom. The molecule has 1 heterocycles. The van der Waals surface area contributed by atoms with Crippen molar-refractivity contribution in [1.29, 1.82) is 0 Å². The van der Waals surface area contributed by atoms with Crippen LogP contribution in [-0.4, -0.2) is 49.1 Å². The fourth-order valence-corrected chi connectivity index (χ4v) is 2.82. The van der Waals surface area contributed by atoms with E-state index in [1.54, 1.807) is 17.0 Å². The summed E-state index contributed by atoms with van der Waals surface area (Å²) in [6, 6.07) is 6.08. The lowest BCUT2D eigenvalue weighted by Gasteiger charge is -2.32. The van der Waals surface area contributed by atoms with Crippen molar-refractivity contribution in [2.45, 2.75) is 39.2 Å². The Balaban J connectivity index is 1.71. The summed E-state index contributed by atoms with van der Waals surface area (Å²) in [5.74, 6) is -0.351. The molecule has 0 radical (unpaired) electrons. The van der Waals surface area contributed by atoms with Crippen molar-refractivity contribution >= 4 is 11.8 Å². The first kappa shape index (κ1) is 19.4. The Bertz CT molecular complexity index is 584. The number of halogens is 1. The molecule has 0 unspecified atom stereocenters. The van der Waals surface area contributed by atoms with Crippen LogP contribution in [0.1, 0.15) is 43.5 Å². The van der Waals surface area contributed by atoms with Crippen LogP contribution in [0.4, 0.5) is 4.39 Å². The van der Waals surface area contributed by atoms with Gasteiger partial charge in [0.25, 0.3) is 5.91 Å². The second-order valence-electron chi connectivity index (χ2n) is 6.83. The van der Waals surface area contributed by atoms with Gasteiger partial charge in [-0.2, -0.15) is 0 Å². The van der Waals surface area contributed by atoms with E-state index in [2.05, 4.69) is 19.2 Å². The summed E-state index contributed by atoms with van der Waals surface area (Å²) in [5, 5.41) is 2.99. The molecule has 1 aliphatic rings. The number of ether oxygens (including phenoxy) is 1. The number of likely N-dealkylation sites (tertiary alicyclic amines) is 1. The largest absolute Gasteiger partial charge is 0.381 e. The lowest BCUT2D eigenvalue weighted by atomic mass is 10.0. The second-order valence-corrected chi connectivity index (χ2v) is 6.83. The average molecular weight is 350 g/mol. The summed E-state index contributed by atoms with van der Waals surface area (Å²) < 4.78 is 19.1. The van der Waals surface area contributed by atoms with E-state index in [0.717, 1.165) is 0 Å². The molecular weight excluding hydrogens is 323 g/mol. The molecule has 1 fully saturated rings. The van der Waals surface area contributed by atoms with Gasteiger partial charge in [0.05, 0.1) is 12.2 Å². The van der Waals surface area contributed by atoms with Crippen LogP contribution >= 0.6 is 0 Å². The number of nitrogens with one attached hydrogen (secondary N) is 1. The summed E-state index contributed by atoms with van der Waals surface area (Å²) in [7, 11) is 0. The number of rotatable bonds is 7. The van der Waals surface area contributed by atoms with Gasteiger partial charge in [-0.1, -0.05) is 26.0 Å². The van der Waals surface area contributed by atoms with E-state index < -0.39 is 5.82 Å². The standard InChI is InChI=1S/C19H27FN2O3/c1-14(2)13-25-12-9-18(23)21-15-7-10-22(11-8-15)19(24)16-5-3-4-6-17(16)20/h3-6,14-15H,7-13H2,1-2H3,(H,21,23). The number of amides is 2. The smallest absolute Gasteiger partial charge is 0.256 e. The van der Waals surface area contributed by atoms with Crippen molar-refractivity contribution in [2.24, 2.45) is 5.92 Å². The van der Waals surface area contributed by atoms with E-state index in [0.29, 0.717) is 51.5 Å². The van der Waals surface area contributed by atoms with Gasteiger partial charge in [0.2, 0.25) is 5.91 Å². The predicted molar refractivity (Wildman–Crippen MR) is 93.7 cm³/mol. The van der Waals surface area contributed by atoms with E-state index in [1.807, 2.05) is 0 Å². The molecule has 0 spiro atoms. The zero-order valence-electron chi connectivity index (χ0n) is 15.0. The molecule has 2 amide bonds. The number of benzene rings is 1. The van der Waals surface area contributed by atoms with Gasteiger partial charge >= 0.3 is 0 Å². The molecule has 0 saturated carbocycles. The van der Waals surface area contributed by atoms with Crippen molar-refractivity contribution in [3.63, 3.8) is 0 Å². The third-order valence-electron chi connectivity index (χ3n) is 4.18. The number of carbonyl (C=O) groups excluding carboxylic acids is 2. The number of nitrogens with zero attached hydrogens (tertiary/aromatic N) is 1. The molecule has 1 aliphatic heterocycles. The Hall–Kier alpha value is -1.95. The minimum Gasteiger partial charge on any atom is -0.381 e. The van der Waals surface area contributed by atoms with Gasteiger partial charge in [-0.3, -0.25) is 9.59 Å². The summed E-state index contributed by atoms with van der Waals surface area (Å²) in [4.78, 5) is 25.9. The molecule has 1 aromatic rings. The molecule has 1 aromatic carbocycles. The van der Waals surface area contributed by atoms with Crippen LogP contribution in [0.5, 0.6) is 0 Å². The van der Waals surface area contributed by atoms with Crippen LogP contribution in [0.3, 0.4) is 0 Å². The number of hydrogen-bond donors (Lipinski definition) is 1. The van der Waals surface area contributed by atoms with Crippen LogP contribution in [-0.2, 0) is 9.53 Å². The lowest BCUT2D eigenvalue weighted by Crippen LogP contribution is -2.46. The maximum absolute atomic E-state index is 13.7. The first-order chi connectivity index (χ1) is 12.0. The first-order valence-corrected chi connectivity index (χ1v) is 8.88. The van der Waals surface area contributed by atoms with E-state index in [-0.39, 0.29) is 23.4 Å². The monoisotopic (exact) mass is 350 g/mol. The maximum Gasteiger partial charge on any atom is 0.256 e. The highest BCUT2D eigenvalue weighted by Gasteiger charge is 2.25. The first-order valence-electron chi connectivity index (χ1n) is 8.88. The highest BCUT2D eigenvalue weighted by molar-refractivity contribution is 5.94. The SMILES string of the molecule is CC(C)COCCC(=O)NC1CCN(C(=O)c2ccccc2F)CC1. The van der Waals surface area contributed by atoms with Crippen LogP contribution in [0.25, 0.3) is 0 Å². The van der Waals surface area contributed by atoms with E-state index in [1.165, 1.54) is 12.1 Å². The third kappa shape index (κ3) is 6.12. The van der Waals surface area contributed by atoms with Crippen molar-refractivity contribution in [2.75, 3.05) is 26.3 Å². The topological polar surface area (TPSA) is 58.6 Å². The van der Waals surface area contributed by atoms with Gasteiger partial charge < -0.3 is 15.0 Å². The molecule has 0 aromatic heterocycles. The maximum atomic E-state index is 13.7. The fraction of sp³-hybridized carbons (Fsp3) is 0.579. The number of piperidine rings is 1. The predicted octanol–water partition coefficient (Wildman–Crippen LogP) is 2.61.